The van der Waals surface area contributed by atoms with Gasteiger partial charge < -0.3 is 10.0 Å². The molecule has 26 heavy (non-hydrogen) atoms. The van der Waals surface area contributed by atoms with Crippen LogP contribution in [0.5, 0.6) is 0 Å². The number of carbonyl (C=O) groups excluding carboxylic acids is 1. The third kappa shape index (κ3) is 3.05. The van der Waals surface area contributed by atoms with E-state index in [1.54, 1.807) is 6.07 Å². The molecule has 142 valence electrons. The van der Waals surface area contributed by atoms with Crippen LogP contribution < -0.4 is 0 Å². The molecule has 2 aliphatic rings. The van der Waals surface area contributed by atoms with Crippen molar-refractivity contribution < 1.29 is 32.3 Å². The first-order chi connectivity index (χ1) is 12.2. The van der Waals surface area contributed by atoms with Crippen LogP contribution in [0.3, 0.4) is 0 Å². The van der Waals surface area contributed by atoms with Gasteiger partial charge in [-0.2, -0.15) is 13.2 Å². The van der Waals surface area contributed by atoms with Crippen LogP contribution >= 0.6 is 0 Å². The molecule has 4 nitrogen and oxygen atoms in total. The summed E-state index contributed by atoms with van der Waals surface area (Å²) in [5, 5.41) is 9.14. The van der Waals surface area contributed by atoms with E-state index in [1.807, 2.05) is 0 Å². The number of likely N-dealkylation sites (tertiary alicyclic amines) is 1. The van der Waals surface area contributed by atoms with Gasteiger partial charge in [0, 0.05) is 18.7 Å². The Bertz CT molecular complexity index is 713. The lowest BCUT2D eigenvalue weighted by Crippen LogP contribution is -2.45. The number of hydrogen-bond donors (Lipinski definition) is 1. The van der Waals surface area contributed by atoms with Gasteiger partial charge in [0.25, 0.3) is 0 Å². The molecule has 0 aromatic heterocycles. The van der Waals surface area contributed by atoms with Crippen LogP contribution in [-0.4, -0.2) is 41.1 Å². The average Bonchev–Trinajstić information content (AvgIpc) is 3.22. The molecule has 1 aromatic rings. The van der Waals surface area contributed by atoms with Crippen LogP contribution in [0.25, 0.3) is 0 Å². The number of rotatable bonds is 3. The summed E-state index contributed by atoms with van der Waals surface area (Å²) in [6.45, 7) is -1.20. The molecule has 3 rings (SSSR count). The monoisotopic (exact) mass is 373 g/mol. The molecule has 1 saturated carbocycles. The molecule has 1 amide bonds. The van der Waals surface area contributed by atoms with Crippen molar-refractivity contribution in [3.8, 4) is 0 Å². The molecule has 0 spiro atoms. The molecule has 2 atom stereocenters. The number of amides is 1. The molecule has 0 bridgehead atoms. The number of alkyl halides is 3. The van der Waals surface area contributed by atoms with Crippen molar-refractivity contribution >= 4 is 11.9 Å². The molecule has 1 N–H and O–H groups in total. The number of carboxylic acid groups (broad SMARTS) is 1. The Labute approximate surface area is 147 Å². The van der Waals surface area contributed by atoms with Gasteiger partial charge >= 0.3 is 12.1 Å². The SMILES string of the molecule is O=C(O)[C@@H]1CN(C(=O)C2(c3ccccc3F)CCCC2)C[C@H]1C(F)(F)F. The fourth-order valence-electron chi connectivity index (χ4n) is 4.28. The fourth-order valence-corrected chi connectivity index (χ4v) is 4.28. The van der Waals surface area contributed by atoms with E-state index in [9.17, 15) is 27.2 Å². The topological polar surface area (TPSA) is 57.6 Å². The zero-order chi connectivity index (χ0) is 19.1. The second-order valence-electron chi connectivity index (χ2n) is 7.07. The molecule has 8 heteroatoms. The van der Waals surface area contributed by atoms with Gasteiger partial charge in [0.05, 0.1) is 17.3 Å². The summed E-state index contributed by atoms with van der Waals surface area (Å²) in [4.78, 5) is 25.4. The molecule has 1 aliphatic carbocycles. The molecule has 0 unspecified atom stereocenters. The second kappa shape index (κ2) is 6.55. The Morgan fingerprint density at radius 3 is 2.23 bits per heavy atom. The smallest absolute Gasteiger partial charge is 0.394 e. The highest BCUT2D eigenvalue weighted by Gasteiger charge is 2.56. The first-order valence-corrected chi connectivity index (χ1v) is 8.51. The van der Waals surface area contributed by atoms with Crippen molar-refractivity contribution in [3.63, 3.8) is 0 Å². The third-order valence-corrected chi connectivity index (χ3v) is 5.60. The van der Waals surface area contributed by atoms with Crippen LogP contribution in [0.2, 0.25) is 0 Å². The lowest BCUT2D eigenvalue weighted by Gasteiger charge is -2.33. The van der Waals surface area contributed by atoms with E-state index in [1.165, 1.54) is 18.2 Å². The summed E-state index contributed by atoms with van der Waals surface area (Å²) >= 11 is 0. The average molecular weight is 373 g/mol. The molecule has 0 radical (unpaired) electrons. The van der Waals surface area contributed by atoms with Crippen molar-refractivity contribution in [2.24, 2.45) is 11.8 Å². The third-order valence-electron chi connectivity index (χ3n) is 5.60. The lowest BCUT2D eigenvalue weighted by atomic mass is 9.77. The number of carbonyl (C=O) groups is 2. The maximum Gasteiger partial charge on any atom is 0.394 e. The number of aliphatic carboxylic acids is 1. The Balaban J connectivity index is 1.94. The summed E-state index contributed by atoms with van der Waals surface area (Å²) in [5.74, 6) is -6.54. The lowest BCUT2D eigenvalue weighted by molar-refractivity contribution is -0.188. The zero-order valence-electron chi connectivity index (χ0n) is 13.9. The number of hydrogen-bond acceptors (Lipinski definition) is 2. The van der Waals surface area contributed by atoms with E-state index in [2.05, 4.69) is 0 Å². The first kappa shape index (κ1) is 18.7. The van der Waals surface area contributed by atoms with Crippen molar-refractivity contribution in [2.75, 3.05) is 13.1 Å². The van der Waals surface area contributed by atoms with Gasteiger partial charge in [-0.1, -0.05) is 31.0 Å². The number of nitrogens with zero attached hydrogens (tertiary/aromatic N) is 1. The van der Waals surface area contributed by atoms with E-state index in [0.29, 0.717) is 25.7 Å². The standard InChI is InChI=1S/C18H19F4NO3/c19-14-6-2-1-5-12(14)17(7-3-4-8-17)16(26)23-9-11(15(24)25)13(10-23)18(20,21)22/h1-2,5-6,11,13H,3-4,7-10H2,(H,24,25)/t11-,13-/m1/s1. The fraction of sp³-hybridized carbons (Fsp3) is 0.556. The van der Waals surface area contributed by atoms with Crippen molar-refractivity contribution in [2.45, 2.75) is 37.3 Å². The molecule has 1 aliphatic heterocycles. The predicted octanol–water partition coefficient (Wildman–Crippen LogP) is 3.36. The Morgan fingerprint density at radius 2 is 1.73 bits per heavy atom. The Hall–Kier alpha value is -2.12. The second-order valence-corrected chi connectivity index (χ2v) is 7.07. The quantitative estimate of drug-likeness (QED) is 0.827. The van der Waals surface area contributed by atoms with Crippen molar-refractivity contribution in [1.29, 1.82) is 0 Å². The van der Waals surface area contributed by atoms with Gasteiger partial charge in [0.15, 0.2) is 0 Å². The minimum Gasteiger partial charge on any atom is -0.481 e. The molecule has 1 aromatic carbocycles. The number of carboxylic acids is 1. The van der Waals surface area contributed by atoms with Crippen LogP contribution in [0.4, 0.5) is 17.6 Å². The first-order valence-electron chi connectivity index (χ1n) is 8.51. The van der Waals surface area contributed by atoms with Crippen LogP contribution in [0.15, 0.2) is 24.3 Å². The molecular weight excluding hydrogens is 354 g/mol. The van der Waals surface area contributed by atoms with E-state index < -0.39 is 54.2 Å². The minimum absolute atomic E-state index is 0.185. The Kier molecular flexibility index (Phi) is 4.71. The van der Waals surface area contributed by atoms with Gasteiger partial charge in [-0.05, 0) is 18.9 Å². The van der Waals surface area contributed by atoms with E-state index >= 15 is 0 Å². The largest absolute Gasteiger partial charge is 0.481 e. The molecular formula is C18H19F4NO3. The van der Waals surface area contributed by atoms with Gasteiger partial charge in [-0.25, -0.2) is 4.39 Å². The minimum atomic E-state index is -4.71. The number of halogens is 4. The van der Waals surface area contributed by atoms with Gasteiger partial charge in [-0.3, -0.25) is 9.59 Å². The van der Waals surface area contributed by atoms with Crippen molar-refractivity contribution in [1.82, 2.24) is 4.90 Å². The Morgan fingerprint density at radius 1 is 1.12 bits per heavy atom. The molecule has 1 saturated heterocycles. The van der Waals surface area contributed by atoms with Gasteiger partial charge in [0.1, 0.15) is 5.82 Å². The van der Waals surface area contributed by atoms with Crippen LogP contribution in [0, 0.1) is 17.7 Å². The molecule has 2 fully saturated rings. The molecule has 1 heterocycles. The van der Waals surface area contributed by atoms with E-state index in [4.69, 9.17) is 5.11 Å². The number of benzene rings is 1. The van der Waals surface area contributed by atoms with E-state index in [-0.39, 0.29) is 5.56 Å². The highest BCUT2D eigenvalue weighted by molar-refractivity contribution is 5.89. The summed E-state index contributed by atoms with van der Waals surface area (Å²) in [5.41, 5.74) is -1.03. The summed E-state index contributed by atoms with van der Waals surface area (Å²) in [6, 6.07) is 5.80. The van der Waals surface area contributed by atoms with Crippen LogP contribution in [0.1, 0.15) is 31.2 Å². The summed E-state index contributed by atoms with van der Waals surface area (Å²) in [7, 11) is 0. The predicted molar refractivity (Wildman–Crippen MR) is 83.8 cm³/mol. The summed E-state index contributed by atoms with van der Waals surface area (Å²) < 4.78 is 54.0. The van der Waals surface area contributed by atoms with Crippen LogP contribution in [-0.2, 0) is 15.0 Å². The zero-order valence-corrected chi connectivity index (χ0v) is 13.9. The highest BCUT2D eigenvalue weighted by atomic mass is 19.4. The maximum absolute atomic E-state index is 14.4. The summed E-state index contributed by atoms with van der Waals surface area (Å²) in [6.07, 6.45) is -2.69. The van der Waals surface area contributed by atoms with E-state index in [0.717, 1.165) is 4.90 Å². The van der Waals surface area contributed by atoms with Crippen molar-refractivity contribution in [3.05, 3.63) is 35.6 Å². The van der Waals surface area contributed by atoms with Gasteiger partial charge in [-0.15, -0.1) is 0 Å². The highest BCUT2D eigenvalue weighted by Crippen LogP contribution is 2.46. The normalized spacial score (nSPS) is 25.5. The maximum atomic E-state index is 14.4. The van der Waals surface area contributed by atoms with Gasteiger partial charge in [0.2, 0.25) is 5.91 Å².